The molecule has 150 valence electrons. The van der Waals surface area contributed by atoms with E-state index >= 15 is 0 Å². The average molecular weight is 398 g/mol. The number of ether oxygens (including phenoxy) is 2. The number of hydrogen-bond acceptors (Lipinski definition) is 5. The van der Waals surface area contributed by atoms with Gasteiger partial charge < -0.3 is 25.0 Å². The number of likely N-dealkylation sites (tertiary alicyclic amines) is 1. The number of carbonyl (C=O) groups is 2. The van der Waals surface area contributed by atoms with Crippen LogP contribution in [0.3, 0.4) is 0 Å². The lowest BCUT2D eigenvalue weighted by Gasteiger charge is -2.19. The van der Waals surface area contributed by atoms with Crippen LogP contribution < -0.4 is 20.1 Å². The van der Waals surface area contributed by atoms with Crippen molar-refractivity contribution in [2.45, 2.75) is 19.9 Å². The molecule has 0 bridgehead atoms. The number of hydrogen-bond donors (Lipinski definition) is 2. The first-order chi connectivity index (χ1) is 12.5. The number of rotatable bonds is 6. The van der Waals surface area contributed by atoms with Crippen molar-refractivity contribution in [1.29, 1.82) is 0 Å². The van der Waals surface area contributed by atoms with Crippen LogP contribution in [0.15, 0.2) is 18.2 Å². The van der Waals surface area contributed by atoms with Crippen LogP contribution in [0.2, 0.25) is 0 Å². The molecule has 0 aromatic heterocycles. The predicted molar refractivity (Wildman–Crippen MR) is 105 cm³/mol. The van der Waals surface area contributed by atoms with Crippen molar-refractivity contribution in [1.82, 2.24) is 15.5 Å². The van der Waals surface area contributed by atoms with Crippen LogP contribution in [0, 0.1) is 11.8 Å². The third kappa shape index (κ3) is 5.05. The zero-order valence-corrected chi connectivity index (χ0v) is 16.8. The highest BCUT2D eigenvalue weighted by molar-refractivity contribution is 5.95. The monoisotopic (exact) mass is 397 g/mol. The molecule has 1 aromatic rings. The SMILES string of the molecule is COc1cc(C(=O)N2C[C@H]3CNC[C@H]3C2)ccc1OCC(=O)NC(C)C.Cl. The van der Waals surface area contributed by atoms with E-state index in [9.17, 15) is 9.59 Å². The summed E-state index contributed by atoms with van der Waals surface area (Å²) in [5.41, 5.74) is 0.578. The first-order valence-electron chi connectivity index (χ1n) is 9.08. The van der Waals surface area contributed by atoms with Crippen LogP contribution in [0.4, 0.5) is 0 Å². The van der Waals surface area contributed by atoms with Crippen LogP contribution >= 0.6 is 12.4 Å². The van der Waals surface area contributed by atoms with Gasteiger partial charge in [0.05, 0.1) is 7.11 Å². The maximum absolute atomic E-state index is 12.8. The van der Waals surface area contributed by atoms with E-state index in [1.165, 1.54) is 7.11 Å². The minimum atomic E-state index is -0.195. The molecule has 27 heavy (non-hydrogen) atoms. The van der Waals surface area contributed by atoms with Gasteiger partial charge in [-0.15, -0.1) is 12.4 Å². The Balaban J connectivity index is 0.00000261. The molecular formula is C19H28ClN3O4. The molecule has 0 saturated carbocycles. The molecule has 2 N–H and O–H groups in total. The van der Waals surface area contributed by atoms with Crippen LogP contribution in [-0.4, -0.2) is 62.7 Å². The van der Waals surface area contributed by atoms with E-state index in [0.29, 0.717) is 28.9 Å². The van der Waals surface area contributed by atoms with E-state index in [2.05, 4.69) is 10.6 Å². The fourth-order valence-electron chi connectivity index (χ4n) is 3.63. The second-order valence-corrected chi connectivity index (χ2v) is 7.27. The molecule has 2 saturated heterocycles. The van der Waals surface area contributed by atoms with Gasteiger partial charge in [0.15, 0.2) is 18.1 Å². The molecule has 3 rings (SSSR count). The van der Waals surface area contributed by atoms with E-state index in [0.717, 1.165) is 26.2 Å². The quantitative estimate of drug-likeness (QED) is 0.756. The lowest BCUT2D eigenvalue weighted by molar-refractivity contribution is -0.123. The van der Waals surface area contributed by atoms with Gasteiger partial charge >= 0.3 is 0 Å². The van der Waals surface area contributed by atoms with E-state index < -0.39 is 0 Å². The first-order valence-corrected chi connectivity index (χ1v) is 9.08. The van der Waals surface area contributed by atoms with Gasteiger partial charge in [-0.1, -0.05) is 0 Å². The molecule has 0 spiro atoms. The van der Waals surface area contributed by atoms with Crippen LogP contribution in [-0.2, 0) is 4.79 Å². The highest BCUT2D eigenvalue weighted by atomic mass is 35.5. The summed E-state index contributed by atoms with van der Waals surface area (Å²) in [4.78, 5) is 26.4. The fraction of sp³-hybridized carbons (Fsp3) is 0.579. The van der Waals surface area contributed by atoms with Crippen LogP contribution in [0.5, 0.6) is 11.5 Å². The van der Waals surface area contributed by atoms with Gasteiger partial charge in [0.2, 0.25) is 0 Å². The Hall–Kier alpha value is -1.99. The summed E-state index contributed by atoms with van der Waals surface area (Å²) >= 11 is 0. The molecule has 2 amide bonds. The molecule has 0 radical (unpaired) electrons. The number of nitrogens with zero attached hydrogens (tertiary/aromatic N) is 1. The van der Waals surface area contributed by atoms with Gasteiger partial charge in [-0.2, -0.15) is 0 Å². The Labute approximate surface area is 166 Å². The molecule has 2 heterocycles. The molecule has 1 aromatic carbocycles. The summed E-state index contributed by atoms with van der Waals surface area (Å²) in [5, 5.41) is 6.14. The number of carbonyl (C=O) groups excluding carboxylic acids is 2. The second kappa shape index (κ2) is 9.28. The normalized spacial score (nSPS) is 20.8. The first kappa shape index (κ1) is 21.3. The van der Waals surface area contributed by atoms with Gasteiger partial charge in [-0.3, -0.25) is 9.59 Å². The number of halogens is 1. The molecule has 8 heteroatoms. The average Bonchev–Trinajstić information content (AvgIpc) is 3.20. The van der Waals surface area contributed by atoms with Crippen LogP contribution in [0.1, 0.15) is 24.2 Å². The van der Waals surface area contributed by atoms with Crippen molar-refractivity contribution in [3.05, 3.63) is 23.8 Å². The molecule has 7 nitrogen and oxygen atoms in total. The highest BCUT2D eigenvalue weighted by Gasteiger charge is 2.38. The Kier molecular flexibility index (Phi) is 7.33. The zero-order chi connectivity index (χ0) is 18.7. The van der Waals surface area contributed by atoms with Gasteiger partial charge in [0, 0.05) is 37.8 Å². The minimum Gasteiger partial charge on any atom is -0.493 e. The largest absolute Gasteiger partial charge is 0.493 e. The number of fused-ring (bicyclic) bond motifs is 1. The van der Waals surface area contributed by atoms with Crippen molar-refractivity contribution in [2.75, 3.05) is 39.9 Å². The second-order valence-electron chi connectivity index (χ2n) is 7.27. The summed E-state index contributed by atoms with van der Waals surface area (Å²) in [6.45, 7) is 7.26. The molecular weight excluding hydrogens is 370 g/mol. The van der Waals surface area contributed by atoms with E-state index in [-0.39, 0.29) is 36.9 Å². The van der Waals surface area contributed by atoms with Gasteiger partial charge in [0.25, 0.3) is 11.8 Å². The van der Waals surface area contributed by atoms with E-state index in [1.54, 1.807) is 18.2 Å². The summed E-state index contributed by atoms with van der Waals surface area (Å²) in [6, 6.07) is 5.16. The Morgan fingerprint density at radius 3 is 2.48 bits per heavy atom. The van der Waals surface area contributed by atoms with E-state index in [1.807, 2.05) is 18.7 Å². The van der Waals surface area contributed by atoms with Gasteiger partial charge in [-0.05, 0) is 43.9 Å². The number of amides is 2. The predicted octanol–water partition coefficient (Wildman–Crippen LogP) is 1.31. The third-order valence-corrected chi connectivity index (χ3v) is 4.90. The summed E-state index contributed by atoms with van der Waals surface area (Å²) in [5.74, 6) is 1.84. The Bertz CT molecular complexity index is 671. The molecule has 2 atom stereocenters. The van der Waals surface area contributed by atoms with Gasteiger partial charge in [-0.25, -0.2) is 0 Å². The van der Waals surface area contributed by atoms with Crippen molar-refractivity contribution in [2.24, 2.45) is 11.8 Å². The lowest BCUT2D eigenvalue weighted by Crippen LogP contribution is -2.34. The number of nitrogens with one attached hydrogen (secondary N) is 2. The van der Waals surface area contributed by atoms with Crippen molar-refractivity contribution in [3.63, 3.8) is 0 Å². The van der Waals surface area contributed by atoms with Crippen molar-refractivity contribution >= 4 is 24.2 Å². The summed E-state index contributed by atoms with van der Waals surface area (Å²) in [7, 11) is 1.52. The molecule has 0 aliphatic carbocycles. The smallest absolute Gasteiger partial charge is 0.258 e. The highest BCUT2D eigenvalue weighted by Crippen LogP contribution is 2.31. The Morgan fingerprint density at radius 2 is 1.89 bits per heavy atom. The number of benzene rings is 1. The molecule has 2 aliphatic heterocycles. The van der Waals surface area contributed by atoms with Crippen LogP contribution in [0.25, 0.3) is 0 Å². The summed E-state index contributed by atoms with van der Waals surface area (Å²) < 4.78 is 10.9. The zero-order valence-electron chi connectivity index (χ0n) is 16.0. The van der Waals surface area contributed by atoms with Gasteiger partial charge in [0.1, 0.15) is 0 Å². The minimum absolute atomic E-state index is 0. The summed E-state index contributed by atoms with van der Waals surface area (Å²) in [6.07, 6.45) is 0. The standard InChI is InChI=1S/C19H27N3O4.ClH/c1-12(2)21-18(23)11-26-16-5-4-13(6-17(16)25-3)19(24)22-9-14-7-20-8-15(14)10-22;/h4-6,12,14-15,20H,7-11H2,1-3H3,(H,21,23);1H/t14-,15+;. The number of methoxy groups -OCH3 is 1. The molecule has 2 aliphatic rings. The Morgan fingerprint density at radius 1 is 1.22 bits per heavy atom. The third-order valence-electron chi connectivity index (χ3n) is 4.90. The van der Waals surface area contributed by atoms with E-state index in [4.69, 9.17) is 9.47 Å². The molecule has 0 unspecified atom stereocenters. The molecule has 2 fully saturated rings. The van der Waals surface area contributed by atoms with Crippen molar-refractivity contribution in [3.8, 4) is 11.5 Å². The fourth-order valence-corrected chi connectivity index (χ4v) is 3.63. The topological polar surface area (TPSA) is 79.9 Å². The van der Waals surface area contributed by atoms with Crippen molar-refractivity contribution < 1.29 is 19.1 Å². The maximum Gasteiger partial charge on any atom is 0.258 e. The lowest BCUT2D eigenvalue weighted by atomic mass is 10.0. The maximum atomic E-state index is 12.8.